The van der Waals surface area contributed by atoms with Crippen molar-refractivity contribution in [3.05, 3.63) is 98.9 Å². The van der Waals surface area contributed by atoms with E-state index in [-0.39, 0.29) is 18.0 Å². The van der Waals surface area contributed by atoms with Crippen LogP contribution in [0, 0.1) is 0 Å². The molecular formula is C29H27ClN4O4. The number of fused-ring (bicyclic) bond motifs is 1. The van der Waals surface area contributed by atoms with E-state index in [1.54, 1.807) is 44.5 Å². The van der Waals surface area contributed by atoms with E-state index in [4.69, 9.17) is 16.3 Å². The number of nitrogens with zero attached hydrogens (tertiary/aromatic N) is 2. The molecule has 2 amide bonds. The zero-order valence-electron chi connectivity index (χ0n) is 21.1. The molecule has 1 heterocycles. The Labute approximate surface area is 224 Å². The molecule has 0 bridgehead atoms. The van der Waals surface area contributed by atoms with Crippen LogP contribution >= 0.6 is 11.6 Å². The van der Waals surface area contributed by atoms with Crippen LogP contribution in [-0.4, -0.2) is 28.5 Å². The topological polar surface area (TPSA) is 102 Å². The fourth-order valence-corrected chi connectivity index (χ4v) is 5.05. The minimum absolute atomic E-state index is 0.110. The fourth-order valence-electron chi connectivity index (χ4n) is 4.86. The third-order valence-corrected chi connectivity index (χ3v) is 7.31. The Bertz CT molecular complexity index is 1590. The number of carbonyl (C=O) groups is 2. The predicted molar refractivity (Wildman–Crippen MR) is 147 cm³/mol. The predicted octanol–water partition coefficient (Wildman–Crippen LogP) is 4.59. The molecule has 0 spiro atoms. The number of hydrogen-bond acceptors (Lipinski definition) is 5. The molecule has 2 N–H and O–H groups in total. The molecule has 3 aromatic carbocycles. The van der Waals surface area contributed by atoms with Crippen molar-refractivity contribution in [3.8, 4) is 5.75 Å². The zero-order chi connectivity index (χ0) is 26.9. The number of aryl methyl sites for hydroxylation is 1. The van der Waals surface area contributed by atoms with Crippen molar-refractivity contribution in [2.24, 2.45) is 7.05 Å². The second-order valence-electron chi connectivity index (χ2n) is 9.46. The molecule has 1 aliphatic carbocycles. The van der Waals surface area contributed by atoms with Crippen LogP contribution in [0.2, 0.25) is 5.02 Å². The van der Waals surface area contributed by atoms with Gasteiger partial charge < -0.3 is 19.9 Å². The van der Waals surface area contributed by atoms with Gasteiger partial charge >= 0.3 is 0 Å². The van der Waals surface area contributed by atoms with Crippen molar-refractivity contribution >= 4 is 40.1 Å². The first kappa shape index (κ1) is 25.5. The lowest BCUT2D eigenvalue weighted by Crippen LogP contribution is -2.52. The van der Waals surface area contributed by atoms with Crippen LogP contribution in [-0.2, 0) is 23.8 Å². The molecule has 0 unspecified atom stereocenters. The van der Waals surface area contributed by atoms with Crippen LogP contribution in [0.15, 0.2) is 71.5 Å². The molecule has 0 aliphatic heterocycles. The smallest absolute Gasteiger partial charge is 0.282 e. The number of ether oxygens (including phenoxy) is 1. The molecular weight excluding hydrogens is 504 g/mol. The molecule has 1 aromatic heterocycles. The summed E-state index contributed by atoms with van der Waals surface area (Å²) in [7, 11) is 3.18. The quantitative estimate of drug-likeness (QED) is 0.364. The van der Waals surface area contributed by atoms with Crippen molar-refractivity contribution in [1.82, 2.24) is 14.9 Å². The Morgan fingerprint density at radius 1 is 1.08 bits per heavy atom. The number of halogens is 1. The Kier molecular flexibility index (Phi) is 6.91. The van der Waals surface area contributed by atoms with E-state index in [0.29, 0.717) is 33.1 Å². The van der Waals surface area contributed by atoms with Gasteiger partial charge in [-0.05, 0) is 67.3 Å². The number of hydrogen-bond donors (Lipinski definition) is 2. The second-order valence-corrected chi connectivity index (χ2v) is 9.90. The molecule has 4 aromatic rings. The first-order valence-corrected chi connectivity index (χ1v) is 12.7. The van der Waals surface area contributed by atoms with E-state index >= 15 is 0 Å². The zero-order valence-corrected chi connectivity index (χ0v) is 21.8. The lowest BCUT2D eigenvalue weighted by Gasteiger charge is -2.43. The minimum atomic E-state index is -0.591. The summed E-state index contributed by atoms with van der Waals surface area (Å²) in [4.78, 5) is 43.1. The van der Waals surface area contributed by atoms with Gasteiger partial charge in [-0.25, -0.2) is 4.98 Å². The number of benzene rings is 3. The average Bonchev–Trinajstić information content (AvgIpc) is 2.89. The second kappa shape index (κ2) is 10.3. The van der Waals surface area contributed by atoms with Crippen LogP contribution < -0.4 is 20.9 Å². The molecule has 9 heteroatoms. The number of aromatic nitrogens is 2. The molecule has 38 heavy (non-hydrogen) atoms. The maximum Gasteiger partial charge on any atom is 0.282 e. The van der Waals surface area contributed by atoms with Crippen molar-refractivity contribution < 1.29 is 14.3 Å². The van der Waals surface area contributed by atoms with Crippen molar-refractivity contribution in [3.63, 3.8) is 0 Å². The van der Waals surface area contributed by atoms with Gasteiger partial charge in [0.25, 0.3) is 11.5 Å². The lowest BCUT2D eigenvalue weighted by atomic mass is 9.71. The van der Waals surface area contributed by atoms with Crippen molar-refractivity contribution in [2.75, 3.05) is 12.4 Å². The molecule has 1 saturated carbocycles. The maximum absolute atomic E-state index is 13.2. The molecule has 8 nitrogen and oxygen atoms in total. The highest BCUT2D eigenvalue weighted by molar-refractivity contribution is 6.30. The number of carbonyl (C=O) groups excluding carboxylic acids is 2. The van der Waals surface area contributed by atoms with Gasteiger partial charge in [-0.1, -0.05) is 35.9 Å². The number of amides is 2. The number of rotatable bonds is 7. The van der Waals surface area contributed by atoms with Gasteiger partial charge in [0.1, 0.15) is 5.75 Å². The van der Waals surface area contributed by atoms with Crippen LogP contribution in [0.25, 0.3) is 11.0 Å². The van der Waals surface area contributed by atoms with Crippen molar-refractivity contribution in [1.29, 1.82) is 0 Å². The summed E-state index contributed by atoms with van der Waals surface area (Å²) in [5.41, 5.74) is 2.32. The largest absolute Gasteiger partial charge is 0.496 e. The first-order chi connectivity index (χ1) is 18.3. The van der Waals surface area contributed by atoms with Gasteiger partial charge in [-0.15, -0.1) is 0 Å². The highest BCUT2D eigenvalue weighted by atomic mass is 35.5. The molecule has 1 aliphatic rings. The van der Waals surface area contributed by atoms with E-state index in [1.807, 2.05) is 36.4 Å². The summed E-state index contributed by atoms with van der Waals surface area (Å²) in [6, 6.07) is 19.8. The van der Waals surface area contributed by atoms with Gasteiger partial charge in [0.2, 0.25) is 5.91 Å². The summed E-state index contributed by atoms with van der Waals surface area (Å²) in [5.74, 6) is -0.106. The molecule has 0 radical (unpaired) electrons. The Balaban J connectivity index is 1.31. The summed E-state index contributed by atoms with van der Waals surface area (Å²) in [5, 5.41) is 6.50. The summed E-state index contributed by atoms with van der Waals surface area (Å²) in [6.45, 7) is 0. The highest BCUT2D eigenvalue weighted by Crippen LogP contribution is 2.41. The molecule has 1 fully saturated rings. The van der Waals surface area contributed by atoms with E-state index in [9.17, 15) is 14.4 Å². The molecule has 0 saturated heterocycles. The van der Waals surface area contributed by atoms with Crippen LogP contribution in [0.5, 0.6) is 5.75 Å². The number of nitrogens with one attached hydrogen (secondary N) is 2. The fraction of sp³-hybridized carbons (Fsp3) is 0.241. The van der Waals surface area contributed by atoms with Gasteiger partial charge in [-0.3, -0.25) is 14.4 Å². The van der Waals surface area contributed by atoms with Gasteiger partial charge in [0.05, 0.1) is 30.1 Å². The Hall–Kier alpha value is -4.17. The van der Waals surface area contributed by atoms with Crippen molar-refractivity contribution in [2.45, 2.75) is 31.2 Å². The Morgan fingerprint density at radius 3 is 2.50 bits per heavy atom. The molecule has 0 atom stereocenters. The highest BCUT2D eigenvalue weighted by Gasteiger charge is 2.41. The SMILES string of the molecule is COc1ccc(Cl)cc1CC(=O)Nc1ccc(C2(NC(=O)c3nc4ccccc4n(C)c3=O)CCC2)cc1. The van der Waals surface area contributed by atoms with E-state index in [2.05, 4.69) is 15.6 Å². The van der Waals surface area contributed by atoms with Gasteiger partial charge in [0, 0.05) is 23.3 Å². The van der Waals surface area contributed by atoms with Crippen LogP contribution in [0.1, 0.15) is 40.9 Å². The van der Waals surface area contributed by atoms with Gasteiger partial charge in [0.15, 0.2) is 5.69 Å². The monoisotopic (exact) mass is 530 g/mol. The molecule has 194 valence electrons. The molecule has 5 rings (SSSR count). The standard InChI is InChI=1S/C29H27ClN4O4/c1-34-23-7-4-3-6-22(23)32-26(28(34)37)27(36)33-29(14-5-15-29)19-8-11-21(12-9-19)31-25(35)17-18-16-20(30)10-13-24(18)38-2/h3-4,6-13,16H,5,14-15,17H2,1-2H3,(H,31,35)(H,33,36). The normalized spacial score (nSPS) is 14.0. The van der Waals surface area contributed by atoms with E-state index < -0.39 is 17.0 Å². The average molecular weight is 531 g/mol. The maximum atomic E-state index is 13.2. The minimum Gasteiger partial charge on any atom is -0.496 e. The van der Waals surface area contributed by atoms with Crippen LogP contribution in [0.3, 0.4) is 0 Å². The summed E-state index contributed by atoms with van der Waals surface area (Å²) >= 11 is 6.07. The Morgan fingerprint density at radius 2 is 1.82 bits per heavy atom. The van der Waals surface area contributed by atoms with Crippen LogP contribution in [0.4, 0.5) is 5.69 Å². The first-order valence-electron chi connectivity index (χ1n) is 12.3. The number of para-hydroxylation sites is 2. The number of anilines is 1. The van der Waals surface area contributed by atoms with E-state index in [1.165, 1.54) is 4.57 Å². The third-order valence-electron chi connectivity index (χ3n) is 7.07. The van der Waals surface area contributed by atoms with Gasteiger partial charge in [-0.2, -0.15) is 0 Å². The summed E-state index contributed by atoms with van der Waals surface area (Å²) < 4.78 is 6.77. The third kappa shape index (κ3) is 4.87. The van der Waals surface area contributed by atoms with E-state index in [0.717, 1.165) is 24.8 Å². The number of methoxy groups -OCH3 is 1. The summed E-state index contributed by atoms with van der Waals surface area (Å²) in [6.07, 6.45) is 2.54. The lowest BCUT2D eigenvalue weighted by molar-refractivity contribution is -0.115.